The molecule has 33 nitrogen and oxygen atoms in total. The molecule has 3 fully saturated rings. The zero-order chi connectivity index (χ0) is 80.6. The molecule has 42 heteroatoms. The van der Waals surface area contributed by atoms with Crippen molar-refractivity contribution in [2.75, 3.05) is 124 Å². The number of fused-ring (bicyclic) bond motifs is 12. The van der Waals surface area contributed by atoms with Crippen LogP contribution in [0.1, 0.15) is 55.2 Å². The van der Waals surface area contributed by atoms with E-state index in [4.69, 9.17) is 29.5 Å². The number of piperidine rings is 3. The van der Waals surface area contributed by atoms with Gasteiger partial charge in [-0.05, 0) is 74.9 Å². The minimum atomic E-state index is -4.52. The molecule has 12 heterocycles. The number of nitrogens with one attached hydrogen (secondary N) is 3. The highest BCUT2D eigenvalue weighted by Crippen LogP contribution is 2.44. The molecule has 0 saturated carbocycles. The average molecular weight is 1590 g/mol. The summed E-state index contributed by atoms with van der Waals surface area (Å²) in [5.41, 5.74) is -0.0945. The van der Waals surface area contributed by atoms with Crippen molar-refractivity contribution in [1.82, 2.24) is 59.8 Å². The van der Waals surface area contributed by atoms with Crippen LogP contribution in [-0.4, -0.2) is 224 Å². The molecule has 114 heavy (non-hydrogen) atoms. The number of ether oxygens (including phenoxy) is 3. The Kier molecular flexibility index (Phi) is 24.2. The first-order chi connectivity index (χ1) is 54.7. The van der Waals surface area contributed by atoms with E-state index in [0.29, 0.717) is 55.4 Å². The van der Waals surface area contributed by atoms with E-state index in [-0.39, 0.29) is 119 Å². The predicted molar refractivity (Wildman–Crippen MR) is 389 cm³/mol. The molecule has 3 saturated heterocycles. The van der Waals surface area contributed by atoms with E-state index in [1.54, 1.807) is 0 Å². The Morgan fingerprint density at radius 2 is 0.807 bits per heavy atom. The standard InChI is InChI=1S/3C24H24F3N7O4/c25-24(26,27)15-4-1-3-14(7-15)21-30-8-18-22(32-21)34(16-5-2-6-33(18)11-16)23(37)31-19-9-29-20(10-28-19)38-13-17(36)12-35;25-24(26,27)15-4-1-3-14(7-15)21-29-8-18-22(32-21)34(16-5-2-6-33(18)11-16)23(37)31-19-9-28-10-20(30-19)38-13-17(36)12-35;25-24(26,27)15-4-1-3-14(7-15)21-28-9-18-22(32-21)34(16-5-2-6-33(18)10-16)23(37)31-19-8-20(30-13-29-19)38-12-17(36)11-35/h1,3-4,7-10,16-17,35-36H,2,5-6,11-13H2,(H,28,31,37);1,3-4,7-10,16-17,35-36H,2,5-6,11-13H2,(H,30,31,37);1,3-4,7-9,13,16-17,35-36H,2,5-6,10-12H2,(H,29,30,31,37)/t2*16-,17+;16-,17-/m000/s1. The number of hydrogen-bond donors (Lipinski definition) is 9. The molecule has 15 rings (SSSR count). The van der Waals surface area contributed by atoms with Gasteiger partial charge in [0.25, 0.3) is 0 Å². The molecule has 0 aliphatic carbocycles. The van der Waals surface area contributed by atoms with Gasteiger partial charge in [-0.3, -0.25) is 35.6 Å². The zero-order valence-electron chi connectivity index (χ0n) is 59.9. The second kappa shape index (κ2) is 34.5. The first-order valence-electron chi connectivity index (χ1n) is 35.6. The number of halogens is 9. The van der Waals surface area contributed by atoms with Gasteiger partial charge in [0.15, 0.2) is 46.6 Å². The van der Waals surface area contributed by atoms with Crippen LogP contribution >= 0.6 is 0 Å². The second-order valence-electron chi connectivity index (χ2n) is 26.7. The quantitative estimate of drug-likeness (QED) is 0.0366. The van der Waals surface area contributed by atoms with Gasteiger partial charge in [-0.2, -0.15) is 44.5 Å². The van der Waals surface area contributed by atoms with Crippen molar-refractivity contribution >= 4 is 70.1 Å². The number of aliphatic hydroxyl groups excluding tert-OH is 6. The van der Waals surface area contributed by atoms with Crippen molar-refractivity contribution in [2.24, 2.45) is 0 Å². The highest BCUT2D eigenvalue weighted by molar-refractivity contribution is 6.06. The van der Waals surface area contributed by atoms with Gasteiger partial charge in [-0.15, -0.1) is 0 Å². The molecule has 0 spiro atoms. The molecule has 6 amide bonds. The van der Waals surface area contributed by atoms with Gasteiger partial charge in [0.05, 0.1) is 115 Å². The Hall–Kier alpha value is -12.1. The topological polar surface area (TPSA) is 410 Å². The van der Waals surface area contributed by atoms with Gasteiger partial charge in [0.2, 0.25) is 17.6 Å². The van der Waals surface area contributed by atoms with Gasteiger partial charge >= 0.3 is 36.6 Å². The molecule has 0 radical (unpaired) electrons. The number of anilines is 9. The van der Waals surface area contributed by atoms with E-state index < -0.39 is 91.4 Å². The number of alkyl halides is 9. The molecule has 6 aromatic heterocycles. The Morgan fingerprint density at radius 1 is 0.421 bits per heavy atom. The van der Waals surface area contributed by atoms with Crippen molar-refractivity contribution < 1.29 is 98.7 Å². The number of amides is 6. The molecule has 6 aliphatic heterocycles. The number of aliphatic hydroxyl groups is 6. The van der Waals surface area contributed by atoms with Crippen LogP contribution in [0.5, 0.6) is 17.6 Å². The number of carbonyl (C=O) groups is 3. The van der Waals surface area contributed by atoms with Crippen LogP contribution in [0.15, 0.2) is 129 Å². The lowest BCUT2D eigenvalue weighted by atomic mass is 10.0. The third-order valence-electron chi connectivity index (χ3n) is 18.7. The van der Waals surface area contributed by atoms with Crippen LogP contribution in [0.25, 0.3) is 34.2 Å². The highest BCUT2D eigenvalue weighted by atomic mass is 19.4. The molecule has 6 atom stereocenters. The first-order valence-corrected chi connectivity index (χ1v) is 35.6. The van der Waals surface area contributed by atoms with E-state index in [9.17, 15) is 69.2 Å². The predicted octanol–water partition coefficient (Wildman–Crippen LogP) is 8.12. The van der Waals surface area contributed by atoms with Crippen LogP contribution in [0, 0.1) is 0 Å². The Labute approximate surface area is 641 Å². The number of aromatic nitrogens is 12. The van der Waals surface area contributed by atoms with E-state index in [0.717, 1.165) is 81.7 Å². The SMILES string of the molecule is O=C(Nc1cc(OC[C@@H](O)CO)ncn1)N1c2nc(-c3cccc(C(F)(F)F)c3)ncc2N2CCC[C@H]1C2.O=C(Nc1cnc(OC[C@H](O)CO)cn1)N1c2nc(-c3cccc(C(F)(F)F)c3)ncc2N2CCC[C@H]1C2.O=C(Nc1cncc(OC[C@H](O)CO)n1)N1c2nc(-c3cccc(C(F)(F)F)c3)ncc2N2CCC[C@H]1C2. The average Bonchev–Trinajstić information content (AvgIpc) is 0.762. The van der Waals surface area contributed by atoms with E-state index in [1.807, 2.05) is 0 Å². The minimum Gasteiger partial charge on any atom is -0.475 e. The summed E-state index contributed by atoms with van der Waals surface area (Å²) in [6.45, 7) is 1.92. The summed E-state index contributed by atoms with van der Waals surface area (Å²) >= 11 is 0. The van der Waals surface area contributed by atoms with Crippen molar-refractivity contribution in [1.29, 1.82) is 0 Å². The van der Waals surface area contributed by atoms with E-state index in [1.165, 1.54) is 107 Å². The fraction of sp³-hybridized carbons (Fsp3) is 0.375. The summed E-state index contributed by atoms with van der Waals surface area (Å²) in [6, 6.07) is 13.3. The number of rotatable bonds is 18. The van der Waals surface area contributed by atoms with Crippen molar-refractivity contribution in [3.63, 3.8) is 0 Å². The summed E-state index contributed by atoms with van der Waals surface area (Å²) in [5, 5.41) is 63.1. The highest BCUT2D eigenvalue weighted by Gasteiger charge is 2.43. The maximum Gasteiger partial charge on any atom is 0.416 e. The minimum absolute atomic E-state index is 0.0346. The lowest BCUT2D eigenvalue weighted by Crippen LogP contribution is -2.56. The summed E-state index contributed by atoms with van der Waals surface area (Å²) in [5.74, 6) is 1.63. The second-order valence-corrected chi connectivity index (χ2v) is 26.7. The van der Waals surface area contributed by atoms with Crippen LogP contribution in [0.2, 0.25) is 0 Å². The molecule has 600 valence electrons. The number of benzene rings is 3. The van der Waals surface area contributed by atoms with Crippen molar-refractivity contribution in [3.05, 3.63) is 145 Å². The summed E-state index contributed by atoms with van der Waals surface area (Å²) in [6.07, 6.45) is -1.22. The number of urea groups is 3. The van der Waals surface area contributed by atoms with Crippen molar-refractivity contribution in [3.8, 4) is 51.8 Å². The Morgan fingerprint density at radius 3 is 1.19 bits per heavy atom. The summed E-state index contributed by atoms with van der Waals surface area (Å²) in [7, 11) is 0. The number of carbonyl (C=O) groups excluding carboxylic acids is 3. The third-order valence-corrected chi connectivity index (χ3v) is 18.7. The maximum atomic E-state index is 13.5. The zero-order valence-corrected chi connectivity index (χ0v) is 59.9. The van der Waals surface area contributed by atoms with Gasteiger partial charge < -0.3 is 59.5 Å². The fourth-order valence-corrected chi connectivity index (χ4v) is 13.3. The van der Waals surface area contributed by atoms with Crippen molar-refractivity contribution in [2.45, 2.75) is 93.5 Å². The lowest BCUT2D eigenvalue weighted by molar-refractivity contribution is -0.138. The third kappa shape index (κ3) is 18.8. The Bertz CT molecular complexity index is 4710. The van der Waals surface area contributed by atoms with Crippen LogP contribution in [-0.2, 0) is 18.5 Å². The monoisotopic (exact) mass is 1590 g/mol. The summed E-state index contributed by atoms with van der Waals surface area (Å²) in [4.78, 5) is 102. The van der Waals surface area contributed by atoms with Crippen LogP contribution in [0.4, 0.5) is 106 Å². The van der Waals surface area contributed by atoms with Gasteiger partial charge in [-0.1, -0.05) is 36.4 Å². The van der Waals surface area contributed by atoms with Gasteiger partial charge in [0.1, 0.15) is 50.3 Å². The molecule has 6 bridgehead atoms. The summed E-state index contributed by atoms with van der Waals surface area (Å²) < 4.78 is 135. The molecule has 0 unspecified atom stereocenters. The molecular weight excluding hydrogens is 1520 g/mol. The largest absolute Gasteiger partial charge is 0.475 e. The molecule has 3 aromatic carbocycles. The first kappa shape index (κ1) is 79.9. The molecular formula is C72H72F9N21O12. The molecule has 9 N–H and O–H groups in total. The van der Waals surface area contributed by atoms with Crippen LogP contribution in [0.3, 0.4) is 0 Å². The van der Waals surface area contributed by atoms with Gasteiger partial charge in [0, 0.05) is 62.0 Å². The smallest absolute Gasteiger partial charge is 0.416 e. The Balaban J connectivity index is 0.000000149. The lowest BCUT2D eigenvalue weighted by Gasteiger charge is -2.45. The van der Waals surface area contributed by atoms with Gasteiger partial charge in [-0.25, -0.2) is 64.2 Å². The normalized spacial score (nSPS) is 17.6. The molecule has 6 aliphatic rings. The molecule has 9 aromatic rings. The van der Waals surface area contributed by atoms with Crippen LogP contribution < -0.4 is 59.6 Å². The fourth-order valence-electron chi connectivity index (χ4n) is 13.3. The number of hydrogen-bond acceptors (Lipinski definition) is 27. The van der Waals surface area contributed by atoms with E-state index >= 15 is 0 Å². The van der Waals surface area contributed by atoms with E-state index in [2.05, 4.69) is 90.5 Å². The maximum absolute atomic E-state index is 13.5. The number of nitrogens with zero attached hydrogens (tertiary/aromatic N) is 18.